The molecule has 0 spiro atoms. The van der Waals surface area contributed by atoms with Crippen LogP contribution in [0, 0.1) is 28.1 Å². The fraction of sp³-hybridized carbons (Fsp3) is 0.800. The van der Waals surface area contributed by atoms with E-state index in [1.54, 1.807) is 0 Å². The molecule has 3 nitrogen and oxygen atoms in total. The second-order valence-corrected chi connectivity index (χ2v) is 8.68. The van der Waals surface area contributed by atoms with Crippen molar-refractivity contribution in [1.82, 2.24) is 0 Å². The molecule has 5 atom stereocenters. The number of ether oxygens (including phenoxy) is 1. The Hall–Kier alpha value is -1.12. The normalized spacial score (nSPS) is 46.2. The topological polar surface area (TPSA) is 43.4 Å². The monoisotopic (exact) mass is 318 g/mol. The van der Waals surface area contributed by atoms with Crippen molar-refractivity contribution in [3.05, 3.63) is 11.6 Å². The van der Waals surface area contributed by atoms with E-state index in [2.05, 4.69) is 26.8 Å². The Morgan fingerprint density at radius 1 is 1.22 bits per heavy atom. The fourth-order valence-electron chi connectivity index (χ4n) is 6.14. The molecule has 0 aromatic rings. The van der Waals surface area contributed by atoms with E-state index in [9.17, 15) is 9.59 Å². The van der Waals surface area contributed by atoms with Crippen LogP contribution in [-0.2, 0) is 14.3 Å². The van der Waals surface area contributed by atoms with Gasteiger partial charge in [-0.2, -0.15) is 0 Å². The van der Waals surface area contributed by atoms with Gasteiger partial charge in [-0.25, -0.2) is 0 Å². The van der Waals surface area contributed by atoms with Crippen molar-refractivity contribution in [1.29, 1.82) is 0 Å². The van der Waals surface area contributed by atoms with Gasteiger partial charge in [-0.15, -0.1) is 0 Å². The van der Waals surface area contributed by atoms with Crippen molar-refractivity contribution in [2.45, 2.75) is 65.7 Å². The number of carbonyl (C=O) groups is 2. The highest BCUT2D eigenvalue weighted by Gasteiger charge is 2.59. The first kappa shape index (κ1) is 16.7. The number of rotatable bonds is 2. The van der Waals surface area contributed by atoms with E-state index >= 15 is 0 Å². The van der Waals surface area contributed by atoms with E-state index < -0.39 is 0 Å². The summed E-state index contributed by atoms with van der Waals surface area (Å²) in [7, 11) is 1.51. The molecule has 128 valence electrons. The lowest BCUT2D eigenvalue weighted by atomic mass is 9.44. The molecule has 3 aliphatic rings. The molecule has 2 saturated carbocycles. The highest BCUT2D eigenvalue weighted by atomic mass is 16.5. The number of hydrogen-bond donors (Lipinski definition) is 0. The molecule has 0 heterocycles. The molecule has 2 unspecified atom stereocenters. The van der Waals surface area contributed by atoms with Crippen molar-refractivity contribution in [2.24, 2.45) is 28.1 Å². The van der Waals surface area contributed by atoms with E-state index in [0.717, 1.165) is 44.9 Å². The molecule has 2 fully saturated rings. The maximum absolute atomic E-state index is 12.5. The summed E-state index contributed by atoms with van der Waals surface area (Å²) >= 11 is 0. The molecule has 0 aromatic carbocycles. The van der Waals surface area contributed by atoms with Crippen LogP contribution in [0.25, 0.3) is 0 Å². The van der Waals surface area contributed by atoms with Crippen molar-refractivity contribution in [3.63, 3.8) is 0 Å². The first-order valence-corrected chi connectivity index (χ1v) is 9.07. The third kappa shape index (κ3) is 2.22. The van der Waals surface area contributed by atoms with Gasteiger partial charge in [-0.1, -0.05) is 31.9 Å². The van der Waals surface area contributed by atoms with E-state index in [4.69, 9.17) is 4.74 Å². The van der Waals surface area contributed by atoms with Crippen LogP contribution in [0.2, 0.25) is 0 Å². The maximum Gasteiger partial charge on any atom is 0.311 e. The first-order valence-electron chi connectivity index (χ1n) is 9.07. The third-order valence-electron chi connectivity index (χ3n) is 7.47. The van der Waals surface area contributed by atoms with Gasteiger partial charge < -0.3 is 9.53 Å². The summed E-state index contributed by atoms with van der Waals surface area (Å²) < 4.78 is 5.17. The predicted octanol–water partition coefficient (Wildman–Crippen LogP) is 4.31. The van der Waals surface area contributed by atoms with Gasteiger partial charge in [0.25, 0.3) is 0 Å². The first-order chi connectivity index (χ1) is 10.8. The zero-order valence-electron chi connectivity index (χ0n) is 15.0. The molecule has 0 aliphatic heterocycles. The molecule has 0 amide bonds. The molecule has 0 radical (unpaired) electrons. The second-order valence-electron chi connectivity index (χ2n) is 8.68. The average molecular weight is 318 g/mol. The summed E-state index contributed by atoms with van der Waals surface area (Å²) in [5.41, 5.74) is 0.888. The van der Waals surface area contributed by atoms with E-state index in [1.165, 1.54) is 19.0 Å². The van der Waals surface area contributed by atoms with Crippen LogP contribution < -0.4 is 0 Å². The molecule has 23 heavy (non-hydrogen) atoms. The molecule has 3 rings (SSSR count). The maximum atomic E-state index is 12.5. The Bertz CT molecular complexity index is 551. The molecule has 0 saturated heterocycles. The summed E-state index contributed by atoms with van der Waals surface area (Å²) in [5, 5.41) is 0. The minimum atomic E-state index is -0.386. The van der Waals surface area contributed by atoms with E-state index in [-0.39, 0.29) is 22.2 Å². The number of esters is 1. The summed E-state index contributed by atoms with van der Waals surface area (Å²) in [6.07, 6.45) is 10.7. The molecule has 0 aromatic heterocycles. The fourth-order valence-corrected chi connectivity index (χ4v) is 6.14. The van der Waals surface area contributed by atoms with Gasteiger partial charge in [-0.05, 0) is 62.7 Å². The van der Waals surface area contributed by atoms with Crippen LogP contribution in [0.1, 0.15) is 65.7 Å². The number of hydrogen-bond acceptors (Lipinski definition) is 3. The minimum Gasteiger partial charge on any atom is -0.469 e. The Kier molecular flexibility index (Phi) is 3.97. The Morgan fingerprint density at radius 3 is 2.61 bits per heavy atom. The summed E-state index contributed by atoms with van der Waals surface area (Å²) in [6, 6.07) is 0. The van der Waals surface area contributed by atoms with Crippen LogP contribution in [-0.4, -0.2) is 19.4 Å². The lowest BCUT2D eigenvalue weighted by Crippen LogP contribution is -2.54. The van der Waals surface area contributed by atoms with Crippen molar-refractivity contribution in [2.75, 3.05) is 7.11 Å². The predicted molar refractivity (Wildman–Crippen MR) is 89.8 cm³/mol. The van der Waals surface area contributed by atoms with Gasteiger partial charge >= 0.3 is 5.97 Å². The largest absolute Gasteiger partial charge is 0.469 e. The van der Waals surface area contributed by atoms with Crippen LogP contribution in [0.3, 0.4) is 0 Å². The Morgan fingerprint density at radius 2 is 1.96 bits per heavy atom. The number of methoxy groups -OCH3 is 1. The standard InChI is InChI=1S/C20H30O3/c1-18(13-21)10-5-7-15-14(18)8-9-16-19(15,2)11-6-12-20(16,3)17(22)23-4/h7,13-14,16H,5-6,8-12H2,1-4H3/t14?,16?,18-,19+,20-/m1/s1. The molecule has 0 bridgehead atoms. The van der Waals surface area contributed by atoms with Crippen molar-refractivity contribution < 1.29 is 14.3 Å². The summed E-state index contributed by atoms with van der Waals surface area (Å²) in [5.74, 6) is 0.629. The number of fused-ring (bicyclic) bond motifs is 3. The highest BCUT2D eigenvalue weighted by Crippen LogP contribution is 2.64. The zero-order valence-corrected chi connectivity index (χ0v) is 15.0. The Balaban J connectivity index is 2.03. The highest BCUT2D eigenvalue weighted by molar-refractivity contribution is 5.77. The van der Waals surface area contributed by atoms with Gasteiger partial charge in [0.05, 0.1) is 12.5 Å². The molecule has 3 heteroatoms. The van der Waals surface area contributed by atoms with Gasteiger partial charge in [-0.3, -0.25) is 4.79 Å². The van der Waals surface area contributed by atoms with E-state index in [0.29, 0.717) is 11.8 Å². The van der Waals surface area contributed by atoms with Gasteiger partial charge in [0, 0.05) is 5.41 Å². The SMILES string of the molecule is COC(=O)[C@]1(C)CCC[C@@]2(C)C3=CCC[C@](C)(C=O)C3CCC12. The lowest BCUT2D eigenvalue weighted by Gasteiger charge is -2.59. The lowest BCUT2D eigenvalue weighted by molar-refractivity contribution is -0.165. The molecule has 3 aliphatic carbocycles. The number of allylic oxidation sites excluding steroid dienone is 2. The quantitative estimate of drug-likeness (QED) is 0.433. The third-order valence-corrected chi connectivity index (χ3v) is 7.47. The Labute approximate surface area is 139 Å². The molecular formula is C20H30O3. The smallest absolute Gasteiger partial charge is 0.311 e. The van der Waals surface area contributed by atoms with Gasteiger partial charge in [0.1, 0.15) is 6.29 Å². The number of aldehydes is 1. The second kappa shape index (κ2) is 5.46. The van der Waals surface area contributed by atoms with Crippen LogP contribution in [0.15, 0.2) is 11.6 Å². The van der Waals surface area contributed by atoms with Crippen molar-refractivity contribution in [3.8, 4) is 0 Å². The number of carbonyl (C=O) groups excluding carboxylic acids is 2. The van der Waals surface area contributed by atoms with Crippen LogP contribution in [0.4, 0.5) is 0 Å². The van der Waals surface area contributed by atoms with Crippen molar-refractivity contribution >= 4 is 12.3 Å². The average Bonchev–Trinajstić information content (AvgIpc) is 2.54. The minimum absolute atomic E-state index is 0.0365. The van der Waals surface area contributed by atoms with Crippen LogP contribution in [0.5, 0.6) is 0 Å². The van der Waals surface area contributed by atoms with Gasteiger partial charge in [0.2, 0.25) is 0 Å². The van der Waals surface area contributed by atoms with Gasteiger partial charge in [0.15, 0.2) is 0 Å². The van der Waals surface area contributed by atoms with Crippen LogP contribution >= 0.6 is 0 Å². The molecule has 0 N–H and O–H groups in total. The van der Waals surface area contributed by atoms with E-state index in [1.807, 2.05) is 0 Å². The molecular weight excluding hydrogens is 288 g/mol. The summed E-state index contributed by atoms with van der Waals surface area (Å²) in [6.45, 7) is 6.57. The zero-order chi connectivity index (χ0) is 16.9. The summed E-state index contributed by atoms with van der Waals surface area (Å²) in [4.78, 5) is 24.3.